The fourth-order valence-corrected chi connectivity index (χ4v) is 2.31. The lowest BCUT2D eigenvalue weighted by Crippen LogP contribution is -2.05. The van der Waals surface area contributed by atoms with Crippen LogP contribution in [0.4, 0.5) is 23.3 Å². The van der Waals surface area contributed by atoms with E-state index in [0.717, 1.165) is 16.7 Å². The highest BCUT2D eigenvalue weighted by atomic mass is 79.9. The standard InChI is InChI=1S/C12H13BrClN5/c1-2-16-10-6-11(19-12(15)18-10)17-9-4-3-7(14)5-8(9)13/h3-6H,2H2,1H3,(H4,15,16,17,18,19). The van der Waals surface area contributed by atoms with Crippen LogP contribution in [0.3, 0.4) is 0 Å². The lowest BCUT2D eigenvalue weighted by atomic mass is 10.3. The van der Waals surface area contributed by atoms with Crippen molar-refractivity contribution in [3.8, 4) is 0 Å². The summed E-state index contributed by atoms with van der Waals surface area (Å²) in [5.74, 6) is 1.51. The molecule has 0 aliphatic carbocycles. The summed E-state index contributed by atoms with van der Waals surface area (Å²) in [6.07, 6.45) is 0. The summed E-state index contributed by atoms with van der Waals surface area (Å²) in [6.45, 7) is 2.75. The van der Waals surface area contributed by atoms with Crippen molar-refractivity contribution in [2.75, 3.05) is 22.9 Å². The van der Waals surface area contributed by atoms with Crippen molar-refractivity contribution in [2.24, 2.45) is 0 Å². The van der Waals surface area contributed by atoms with Crippen molar-refractivity contribution >= 4 is 50.8 Å². The Balaban J connectivity index is 2.27. The number of halogens is 2. The van der Waals surface area contributed by atoms with Gasteiger partial charge in [0, 0.05) is 22.1 Å². The number of aromatic nitrogens is 2. The Kier molecular flexibility index (Phi) is 4.44. The molecule has 1 aromatic carbocycles. The zero-order valence-corrected chi connectivity index (χ0v) is 12.6. The van der Waals surface area contributed by atoms with Crippen LogP contribution < -0.4 is 16.4 Å². The molecule has 19 heavy (non-hydrogen) atoms. The van der Waals surface area contributed by atoms with Crippen molar-refractivity contribution in [3.05, 3.63) is 33.8 Å². The maximum Gasteiger partial charge on any atom is 0.223 e. The van der Waals surface area contributed by atoms with Gasteiger partial charge in [-0.15, -0.1) is 0 Å². The van der Waals surface area contributed by atoms with Crippen LogP contribution >= 0.6 is 27.5 Å². The molecule has 1 heterocycles. The van der Waals surface area contributed by atoms with Crippen LogP contribution in [-0.2, 0) is 0 Å². The molecule has 0 aliphatic heterocycles. The Hall–Kier alpha value is -1.53. The van der Waals surface area contributed by atoms with Crippen LogP contribution in [0.15, 0.2) is 28.7 Å². The molecular weight excluding hydrogens is 330 g/mol. The van der Waals surface area contributed by atoms with Crippen LogP contribution in [0.25, 0.3) is 0 Å². The van der Waals surface area contributed by atoms with Gasteiger partial charge in [0.25, 0.3) is 0 Å². The summed E-state index contributed by atoms with van der Waals surface area (Å²) in [5.41, 5.74) is 6.52. The lowest BCUT2D eigenvalue weighted by molar-refractivity contribution is 1.12. The predicted molar refractivity (Wildman–Crippen MR) is 83.0 cm³/mol. The van der Waals surface area contributed by atoms with E-state index in [1.165, 1.54) is 0 Å². The fraction of sp³-hybridized carbons (Fsp3) is 0.167. The average Bonchev–Trinajstić information content (AvgIpc) is 2.32. The van der Waals surface area contributed by atoms with Crippen molar-refractivity contribution in [1.29, 1.82) is 0 Å². The highest BCUT2D eigenvalue weighted by molar-refractivity contribution is 9.10. The topological polar surface area (TPSA) is 75.9 Å². The summed E-state index contributed by atoms with van der Waals surface area (Å²) in [4.78, 5) is 8.22. The number of anilines is 4. The molecule has 0 spiro atoms. The van der Waals surface area contributed by atoms with E-state index in [2.05, 4.69) is 36.5 Å². The first-order valence-electron chi connectivity index (χ1n) is 5.69. The van der Waals surface area contributed by atoms with Gasteiger partial charge < -0.3 is 16.4 Å². The van der Waals surface area contributed by atoms with E-state index < -0.39 is 0 Å². The van der Waals surface area contributed by atoms with Crippen molar-refractivity contribution < 1.29 is 0 Å². The molecule has 0 aliphatic rings. The van der Waals surface area contributed by atoms with Gasteiger partial charge in [-0.05, 0) is 41.1 Å². The maximum absolute atomic E-state index is 5.90. The maximum atomic E-state index is 5.90. The van der Waals surface area contributed by atoms with Gasteiger partial charge in [0.1, 0.15) is 11.6 Å². The normalized spacial score (nSPS) is 10.3. The number of benzene rings is 1. The van der Waals surface area contributed by atoms with Crippen molar-refractivity contribution in [3.63, 3.8) is 0 Å². The SMILES string of the molecule is CCNc1cc(Nc2ccc(Cl)cc2Br)nc(N)n1. The van der Waals surface area contributed by atoms with Crippen molar-refractivity contribution in [2.45, 2.75) is 6.92 Å². The molecule has 0 atom stereocenters. The first-order valence-corrected chi connectivity index (χ1v) is 6.86. The minimum atomic E-state index is 0.214. The van der Waals surface area contributed by atoms with E-state index >= 15 is 0 Å². The smallest absolute Gasteiger partial charge is 0.223 e. The molecule has 0 bridgehead atoms. The number of nitrogens with zero attached hydrogens (tertiary/aromatic N) is 2. The Morgan fingerprint density at radius 1 is 1.26 bits per heavy atom. The Labute approximate surface area is 124 Å². The third-order valence-corrected chi connectivity index (χ3v) is 3.19. The molecule has 0 fully saturated rings. The monoisotopic (exact) mass is 341 g/mol. The first-order chi connectivity index (χ1) is 9.08. The summed E-state index contributed by atoms with van der Waals surface area (Å²) >= 11 is 9.33. The van der Waals surface area contributed by atoms with Crippen LogP contribution in [0, 0.1) is 0 Å². The zero-order chi connectivity index (χ0) is 13.8. The van der Waals surface area contributed by atoms with Gasteiger partial charge >= 0.3 is 0 Å². The number of nitrogens with one attached hydrogen (secondary N) is 2. The van der Waals surface area contributed by atoms with Gasteiger partial charge in [-0.2, -0.15) is 9.97 Å². The second-order valence-corrected chi connectivity index (χ2v) is 5.07. The van der Waals surface area contributed by atoms with Gasteiger partial charge in [-0.3, -0.25) is 0 Å². The molecule has 0 saturated heterocycles. The van der Waals surface area contributed by atoms with Gasteiger partial charge in [-0.1, -0.05) is 11.6 Å². The van der Waals surface area contributed by atoms with Gasteiger partial charge in [-0.25, -0.2) is 0 Å². The molecule has 2 aromatic rings. The van der Waals surface area contributed by atoms with Crippen LogP contribution in [0.5, 0.6) is 0 Å². The number of hydrogen-bond acceptors (Lipinski definition) is 5. The minimum absolute atomic E-state index is 0.214. The molecule has 0 radical (unpaired) electrons. The zero-order valence-electron chi connectivity index (χ0n) is 10.2. The molecule has 0 amide bonds. The second kappa shape index (κ2) is 6.08. The highest BCUT2D eigenvalue weighted by Gasteiger charge is 2.05. The quantitative estimate of drug-likeness (QED) is 0.790. The van der Waals surface area contributed by atoms with E-state index in [9.17, 15) is 0 Å². The molecule has 2 rings (SSSR count). The molecule has 100 valence electrons. The van der Waals surface area contributed by atoms with Crippen LogP contribution in [0.1, 0.15) is 6.92 Å². The largest absolute Gasteiger partial charge is 0.370 e. The van der Waals surface area contributed by atoms with Gasteiger partial charge in [0.2, 0.25) is 5.95 Å². The summed E-state index contributed by atoms with van der Waals surface area (Å²) in [7, 11) is 0. The van der Waals surface area contributed by atoms with Crippen LogP contribution in [0.2, 0.25) is 5.02 Å². The Bertz CT molecular complexity index is 590. The number of nitrogens with two attached hydrogens (primary N) is 1. The third kappa shape index (κ3) is 3.71. The second-order valence-electron chi connectivity index (χ2n) is 3.78. The molecule has 1 aromatic heterocycles. The summed E-state index contributed by atoms with van der Waals surface area (Å²) < 4.78 is 0.849. The fourth-order valence-electron chi connectivity index (χ4n) is 1.53. The van der Waals surface area contributed by atoms with Gasteiger partial charge in [0.05, 0.1) is 5.69 Å². The summed E-state index contributed by atoms with van der Waals surface area (Å²) in [5, 5.41) is 6.92. The summed E-state index contributed by atoms with van der Waals surface area (Å²) in [6, 6.07) is 7.25. The van der Waals surface area contributed by atoms with E-state index in [4.69, 9.17) is 17.3 Å². The van der Waals surface area contributed by atoms with Crippen LogP contribution in [-0.4, -0.2) is 16.5 Å². The van der Waals surface area contributed by atoms with E-state index in [0.29, 0.717) is 16.7 Å². The molecule has 0 unspecified atom stereocenters. The first kappa shape index (κ1) is 13.9. The predicted octanol–water partition coefficient (Wildman–Crippen LogP) is 3.65. The molecule has 7 heteroatoms. The van der Waals surface area contributed by atoms with E-state index in [1.807, 2.05) is 13.0 Å². The lowest BCUT2D eigenvalue weighted by Gasteiger charge is -2.10. The average molecular weight is 343 g/mol. The number of hydrogen-bond donors (Lipinski definition) is 3. The third-order valence-electron chi connectivity index (χ3n) is 2.30. The Morgan fingerprint density at radius 3 is 2.68 bits per heavy atom. The molecule has 4 N–H and O–H groups in total. The molecule has 0 saturated carbocycles. The minimum Gasteiger partial charge on any atom is -0.370 e. The molecular formula is C12H13BrClN5. The van der Waals surface area contributed by atoms with E-state index in [-0.39, 0.29) is 5.95 Å². The Morgan fingerprint density at radius 2 is 2.00 bits per heavy atom. The van der Waals surface area contributed by atoms with Gasteiger partial charge in [0.15, 0.2) is 0 Å². The van der Waals surface area contributed by atoms with Crippen molar-refractivity contribution in [1.82, 2.24) is 9.97 Å². The highest BCUT2D eigenvalue weighted by Crippen LogP contribution is 2.28. The number of nitrogen functional groups attached to an aromatic ring is 1. The van der Waals surface area contributed by atoms with E-state index in [1.54, 1.807) is 18.2 Å². The number of rotatable bonds is 4. The molecule has 5 nitrogen and oxygen atoms in total.